The van der Waals surface area contributed by atoms with Gasteiger partial charge in [0.2, 0.25) is 0 Å². The summed E-state index contributed by atoms with van der Waals surface area (Å²) in [6, 6.07) is 3.96. The predicted octanol–water partition coefficient (Wildman–Crippen LogP) is 3.08. The van der Waals surface area contributed by atoms with Gasteiger partial charge in [-0.3, -0.25) is 0 Å². The highest BCUT2D eigenvalue weighted by atomic mass is 35.5. The summed E-state index contributed by atoms with van der Waals surface area (Å²) in [7, 11) is 2.11. The van der Waals surface area contributed by atoms with Crippen LogP contribution in [0.15, 0.2) is 12.1 Å². The van der Waals surface area contributed by atoms with E-state index in [4.69, 9.17) is 11.6 Å². The van der Waals surface area contributed by atoms with E-state index in [1.807, 2.05) is 12.1 Å². The maximum atomic E-state index is 6.18. The van der Waals surface area contributed by atoms with Gasteiger partial charge in [0.1, 0.15) is 5.82 Å². The minimum atomic E-state index is 0.748. The van der Waals surface area contributed by atoms with Crippen molar-refractivity contribution in [3.05, 3.63) is 22.8 Å². The Hall–Kier alpha value is -0.800. The summed E-state index contributed by atoms with van der Waals surface area (Å²) in [5, 5.41) is 4.10. The molecule has 0 saturated heterocycles. The van der Waals surface area contributed by atoms with Crippen LogP contribution in [-0.4, -0.2) is 25.1 Å². The molecular weight excluding hydrogens is 246 g/mol. The first-order chi connectivity index (χ1) is 8.70. The van der Waals surface area contributed by atoms with Crippen LogP contribution in [0.4, 0.5) is 5.82 Å². The molecule has 4 heteroatoms. The Morgan fingerprint density at radius 2 is 2.22 bits per heavy atom. The number of anilines is 1. The van der Waals surface area contributed by atoms with Gasteiger partial charge in [-0.15, -0.1) is 0 Å². The molecule has 0 spiro atoms. The molecule has 0 bridgehead atoms. The van der Waals surface area contributed by atoms with Gasteiger partial charge in [0.05, 0.1) is 10.7 Å². The summed E-state index contributed by atoms with van der Waals surface area (Å²) >= 11 is 6.18. The summed E-state index contributed by atoms with van der Waals surface area (Å²) < 4.78 is 0. The Kier molecular flexibility index (Phi) is 4.84. The number of nitrogens with one attached hydrogen (secondary N) is 1. The quantitative estimate of drug-likeness (QED) is 0.770. The highest BCUT2D eigenvalue weighted by Gasteiger charge is 2.23. The normalized spacial score (nSPS) is 14.8. The summed E-state index contributed by atoms with van der Waals surface area (Å²) in [6.07, 6.45) is 3.85. The highest BCUT2D eigenvalue weighted by Crippen LogP contribution is 2.30. The Bertz CT molecular complexity index is 391. The number of hydrogen-bond donors (Lipinski definition) is 1. The van der Waals surface area contributed by atoms with Crippen LogP contribution < -0.4 is 10.2 Å². The minimum Gasteiger partial charge on any atom is -0.359 e. The maximum Gasteiger partial charge on any atom is 0.128 e. The van der Waals surface area contributed by atoms with Crippen molar-refractivity contribution in [2.45, 2.75) is 32.7 Å². The van der Waals surface area contributed by atoms with Gasteiger partial charge in [0.25, 0.3) is 0 Å². The highest BCUT2D eigenvalue weighted by molar-refractivity contribution is 6.31. The van der Waals surface area contributed by atoms with E-state index in [9.17, 15) is 0 Å². The standard InChI is InChI=1S/C14H22ClN3/c1-3-8-16-9-13-12(15)6-7-14(17-13)18(2)10-11-4-5-11/h6-7,11,16H,3-5,8-10H2,1-2H3. The van der Waals surface area contributed by atoms with Crippen LogP contribution >= 0.6 is 11.6 Å². The Morgan fingerprint density at radius 3 is 2.89 bits per heavy atom. The third-order valence-corrected chi connectivity index (χ3v) is 3.59. The van der Waals surface area contributed by atoms with E-state index in [0.717, 1.165) is 48.5 Å². The summed E-state index contributed by atoms with van der Waals surface area (Å²) in [6.45, 7) is 5.01. The van der Waals surface area contributed by atoms with Gasteiger partial charge < -0.3 is 10.2 Å². The molecule has 1 aliphatic rings. The van der Waals surface area contributed by atoms with E-state index in [-0.39, 0.29) is 0 Å². The summed E-state index contributed by atoms with van der Waals surface area (Å²) in [5.74, 6) is 1.90. The number of aromatic nitrogens is 1. The first-order valence-corrected chi connectivity index (χ1v) is 7.15. The molecule has 0 atom stereocenters. The smallest absolute Gasteiger partial charge is 0.128 e. The van der Waals surface area contributed by atoms with Gasteiger partial charge in [-0.25, -0.2) is 4.98 Å². The van der Waals surface area contributed by atoms with Crippen molar-refractivity contribution in [3.8, 4) is 0 Å². The van der Waals surface area contributed by atoms with Crippen molar-refractivity contribution >= 4 is 17.4 Å². The zero-order valence-electron chi connectivity index (χ0n) is 11.2. The van der Waals surface area contributed by atoms with Crippen LogP contribution in [0.25, 0.3) is 0 Å². The fourth-order valence-corrected chi connectivity index (χ4v) is 2.15. The molecule has 0 aliphatic heterocycles. The van der Waals surface area contributed by atoms with E-state index >= 15 is 0 Å². The molecule has 1 fully saturated rings. The predicted molar refractivity (Wildman–Crippen MR) is 77.2 cm³/mol. The third-order valence-electron chi connectivity index (χ3n) is 3.24. The molecule has 1 aromatic rings. The molecule has 1 aliphatic carbocycles. The van der Waals surface area contributed by atoms with Crippen LogP contribution in [-0.2, 0) is 6.54 Å². The fraction of sp³-hybridized carbons (Fsp3) is 0.643. The average Bonchev–Trinajstić information content (AvgIpc) is 3.15. The maximum absolute atomic E-state index is 6.18. The molecule has 1 saturated carbocycles. The molecule has 2 rings (SSSR count). The van der Waals surface area contributed by atoms with Crippen molar-refractivity contribution in [3.63, 3.8) is 0 Å². The molecule has 1 heterocycles. The van der Waals surface area contributed by atoms with Crippen molar-refractivity contribution in [2.24, 2.45) is 5.92 Å². The number of nitrogens with zero attached hydrogens (tertiary/aromatic N) is 2. The Labute approximate surface area is 115 Å². The van der Waals surface area contributed by atoms with Gasteiger partial charge in [0, 0.05) is 20.1 Å². The van der Waals surface area contributed by atoms with Crippen LogP contribution in [0.3, 0.4) is 0 Å². The zero-order valence-corrected chi connectivity index (χ0v) is 12.0. The second kappa shape index (κ2) is 6.39. The largest absolute Gasteiger partial charge is 0.359 e. The van der Waals surface area contributed by atoms with E-state index in [1.54, 1.807) is 0 Å². The molecule has 18 heavy (non-hydrogen) atoms. The number of halogens is 1. The van der Waals surface area contributed by atoms with E-state index in [0.29, 0.717) is 0 Å². The molecule has 100 valence electrons. The molecule has 0 unspecified atom stereocenters. The number of pyridine rings is 1. The van der Waals surface area contributed by atoms with Gasteiger partial charge in [-0.2, -0.15) is 0 Å². The van der Waals surface area contributed by atoms with E-state index in [2.05, 4.69) is 29.2 Å². The number of rotatable bonds is 7. The molecule has 0 amide bonds. The molecule has 1 N–H and O–H groups in total. The van der Waals surface area contributed by atoms with Crippen molar-refractivity contribution in [2.75, 3.05) is 25.0 Å². The zero-order chi connectivity index (χ0) is 13.0. The first-order valence-electron chi connectivity index (χ1n) is 6.78. The van der Waals surface area contributed by atoms with Crippen LogP contribution in [0.1, 0.15) is 31.9 Å². The van der Waals surface area contributed by atoms with Crippen LogP contribution in [0.2, 0.25) is 5.02 Å². The first kappa shape index (κ1) is 13.6. The van der Waals surface area contributed by atoms with Gasteiger partial charge >= 0.3 is 0 Å². The average molecular weight is 268 g/mol. The molecular formula is C14H22ClN3. The monoisotopic (exact) mass is 267 g/mol. The second-order valence-corrected chi connectivity index (χ2v) is 5.51. The van der Waals surface area contributed by atoms with E-state index in [1.165, 1.54) is 12.8 Å². The lowest BCUT2D eigenvalue weighted by Gasteiger charge is -2.19. The Balaban J connectivity index is 1.99. The Morgan fingerprint density at radius 1 is 1.44 bits per heavy atom. The minimum absolute atomic E-state index is 0.748. The van der Waals surface area contributed by atoms with Gasteiger partial charge in [-0.05, 0) is 43.9 Å². The SMILES string of the molecule is CCCNCc1nc(N(C)CC2CC2)ccc1Cl. The van der Waals surface area contributed by atoms with Gasteiger partial charge in [0.15, 0.2) is 0 Å². The van der Waals surface area contributed by atoms with E-state index < -0.39 is 0 Å². The van der Waals surface area contributed by atoms with Crippen molar-refractivity contribution < 1.29 is 0 Å². The lowest BCUT2D eigenvalue weighted by molar-refractivity contribution is 0.662. The van der Waals surface area contributed by atoms with Crippen LogP contribution in [0, 0.1) is 5.92 Å². The third kappa shape index (κ3) is 3.85. The number of hydrogen-bond acceptors (Lipinski definition) is 3. The lowest BCUT2D eigenvalue weighted by atomic mass is 10.3. The summed E-state index contributed by atoms with van der Waals surface area (Å²) in [4.78, 5) is 6.89. The van der Waals surface area contributed by atoms with Crippen molar-refractivity contribution in [1.82, 2.24) is 10.3 Å². The molecule has 1 aromatic heterocycles. The van der Waals surface area contributed by atoms with Gasteiger partial charge in [-0.1, -0.05) is 18.5 Å². The molecule has 3 nitrogen and oxygen atoms in total. The van der Waals surface area contributed by atoms with Crippen LogP contribution in [0.5, 0.6) is 0 Å². The molecule has 0 radical (unpaired) electrons. The topological polar surface area (TPSA) is 28.2 Å². The molecule has 0 aromatic carbocycles. The van der Waals surface area contributed by atoms with Crippen molar-refractivity contribution in [1.29, 1.82) is 0 Å². The lowest BCUT2D eigenvalue weighted by Crippen LogP contribution is -2.22. The fourth-order valence-electron chi connectivity index (χ4n) is 1.97. The summed E-state index contributed by atoms with van der Waals surface area (Å²) in [5.41, 5.74) is 0.949. The second-order valence-electron chi connectivity index (χ2n) is 5.10.